The fourth-order valence-corrected chi connectivity index (χ4v) is 1.80. The molecule has 102 valence electrons. The van der Waals surface area contributed by atoms with Gasteiger partial charge in [0.05, 0.1) is 5.56 Å². The average Bonchev–Trinajstić information content (AvgIpc) is 2.47. The maximum atomic E-state index is 13.8. The Morgan fingerprint density at radius 1 is 1.10 bits per heavy atom. The summed E-state index contributed by atoms with van der Waals surface area (Å²) in [4.78, 5) is 0. The van der Waals surface area contributed by atoms with Gasteiger partial charge in [-0.15, -0.1) is 0 Å². The number of nitrogens with two attached hydrogens (primary N) is 1. The highest BCUT2D eigenvalue weighted by atomic mass is 19.1. The third-order valence-electron chi connectivity index (χ3n) is 2.84. The van der Waals surface area contributed by atoms with Crippen LogP contribution >= 0.6 is 0 Å². The van der Waals surface area contributed by atoms with Crippen molar-refractivity contribution in [2.45, 2.75) is 13.2 Å². The lowest BCUT2D eigenvalue weighted by molar-refractivity contribution is 0.281. The molecule has 0 aliphatic carbocycles. The number of halogens is 2. The lowest BCUT2D eigenvalue weighted by Crippen LogP contribution is -2.06. The van der Waals surface area contributed by atoms with Crippen molar-refractivity contribution >= 4 is 0 Å². The van der Waals surface area contributed by atoms with Crippen molar-refractivity contribution in [2.75, 3.05) is 0 Å². The summed E-state index contributed by atoms with van der Waals surface area (Å²) in [7, 11) is 0. The fourth-order valence-electron chi connectivity index (χ4n) is 1.80. The minimum absolute atomic E-state index is 0.0109. The molecule has 0 aliphatic rings. The summed E-state index contributed by atoms with van der Waals surface area (Å²) in [6, 6.07) is 10.6. The average molecular weight is 274 g/mol. The van der Waals surface area contributed by atoms with Crippen molar-refractivity contribution in [1.29, 1.82) is 5.26 Å². The van der Waals surface area contributed by atoms with Gasteiger partial charge in [-0.2, -0.15) is 5.26 Å². The first kappa shape index (κ1) is 14.0. The lowest BCUT2D eigenvalue weighted by Gasteiger charge is -2.12. The van der Waals surface area contributed by atoms with Crippen molar-refractivity contribution in [3.05, 3.63) is 64.7 Å². The van der Waals surface area contributed by atoms with Gasteiger partial charge in [0.2, 0.25) is 0 Å². The number of benzene rings is 2. The molecule has 0 heterocycles. The zero-order valence-corrected chi connectivity index (χ0v) is 10.6. The molecule has 5 heteroatoms. The molecule has 2 N–H and O–H groups in total. The van der Waals surface area contributed by atoms with E-state index in [4.69, 9.17) is 15.7 Å². The van der Waals surface area contributed by atoms with Crippen molar-refractivity contribution in [3.8, 4) is 11.8 Å². The van der Waals surface area contributed by atoms with Crippen molar-refractivity contribution in [3.63, 3.8) is 0 Å². The van der Waals surface area contributed by atoms with E-state index in [0.29, 0.717) is 5.56 Å². The Bertz CT molecular complexity index is 665. The van der Waals surface area contributed by atoms with Crippen LogP contribution in [0, 0.1) is 23.0 Å². The van der Waals surface area contributed by atoms with Gasteiger partial charge < -0.3 is 10.5 Å². The molecule has 0 saturated heterocycles. The van der Waals surface area contributed by atoms with Crippen LogP contribution in [0.15, 0.2) is 36.4 Å². The van der Waals surface area contributed by atoms with Crippen LogP contribution in [0.1, 0.15) is 16.7 Å². The number of para-hydroxylation sites is 1. The van der Waals surface area contributed by atoms with Crippen LogP contribution in [0.2, 0.25) is 0 Å². The highest BCUT2D eigenvalue weighted by Crippen LogP contribution is 2.24. The number of hydrogen-bond acceptors (Lipinski definition) is 3. The zero-order valence-electron chi connectivity index (χ0n) is 10.6. The van der Waals surface area contributed by atoms with Crippen LogP contribution in [0.4, 0.5) is 8.78 Å². The van der Waals surface area contributed by atoms with Gasteiger partial charge in [0, 0.05) is 17.7 Å². The third kappa shape index (κ3) is 2.76. The number of ether oxygens (including phenoxy) is 1. The monoisotopic (exact) mass is 274 g/mol. The minimum Gasteiger partial charge on any atom is -0.485 e. The van der Waals surface area contributed by atoms with E-state index in [-0.39, 0.29) is 30.0 Å². The number of rotatable bonds is 4. The first-order valence-electron chi connectivity index (χ1n) is 5.95. The van der Waals surface area contributed by atoms with Gasteiger partial charge in [-0.05, 0) is 12.1 Å². The Balaban J connectivity index is 2.24. The minimum atomic E-state index is -0.652. The van der Waals surface area contributed by atoms with E-state index in [1.807, 2.05) is 0 Å². The third-order valence-corrected chi connectivity index (χ3v) is 2.84. The van der Waals surface area contributed by atoms with E-state index >= 15 is 0 Å². The molecule has 0 aliphatic heterocycles. The molecule has 0 aromatic heterocycles. The predicted molar refractivity (Wildman–Crippen MR) is 69.7 cm³/mol. The molecular formula is C15H12F2N2O. The van der Waals surface area contributed by atoms with E-state index in [0.717, 1.165) is 0 Å². The highest BCUT2D eigenvalue weighted by Gasteiger charge is 2.12. The quantitative estimate of drug-likeness (QED) is 0.932. The Labute approximate surface area is 115 Å². The van der Waals surface area contributed by atoms with Crippen LogP contribution in [-0.2, 0) is 13.2 Å². The first-order chi connectivity index (χ1) is 9.67. The molecule has 2 rings (SSSR count). The smallest absolute Gasteiger partial charge is 0.165 e. The molecule has 2 aromatic rings. The van der Waals surface area contributed by atoms with Gasteiger partial charge in [-0.3, -0.25) is 0 Å². The number of hydrogen-bond donors (Lipinski definition) is 1. The molecule has 0 unspecified atom stereocenters. The van der Waals surface area contributed by atoms with Crippen molar-refractivity contribution < 1.29 is 13.5 Å². The Kier molecular flexibility index (Phi) is 4.28. The van der Waals surface area contributed by atoms with E-state index in [1.165, 1.54) is 24.3 Å². The fraction of sp³-hybridized carbons (Fsp3) is 0.133. The summed E-state index contributed by atoms with van der Waals surface area (Å²) in [5.74, 6) is -1.19. The Morgan fingerprint density at radius 2 is 1.80 bits per heavy atom. The zero-order chi connectivity index (χ0) is 14.5. The molecule has 0 radical (unpaired) electrons. The number of nitrogens with zero attached hydrogens (tertiary/aromatic N) is 1. The summed E-state index contributed by atoms with van der Waals surface area (Å²) in [6.45, 7) is -0.0525. The van der Waals surface area contributed by atoms with Gasteiger partial charge in [0.15, 0.2) is 11.6 Å². The van der Waals surface area contributed by atoms with Gasteiger partial charge >= 0.3 is 0 Å². The maximum absolute atomic E-state index is 13.8. The lowest BCUT2D eigenvalue weighted by atomic mass is 10.1. The maximum Gasteiger partial charge on any atom is 0.165 e. The standard InChI is InChI=1S/C15H12F2N2O/c16-13-6-2-4-11(8-19)15(13)20-9-12-5-1-3-10(7-18)14(12)17/h1-6H,8-9,19H2. The van der Waals surface area contributed by atoms with Crippen molar-refractivity contribution in [1.82, 2.24) is 0 Å². The first-order valence-corrected chi connectivity index (χ1v) is 5.95. The normalized spacial score (nSPS) is 10.1. The van der Waals surface area contributed by atoms with Crippen LogP contribution in [0.3, 0.4) is 0 Å². The SMILES string of the molecule is N#Cc1cccc(COc2c(F)cccc2CN)c1F. The van der Waals surface area contributed by atoms with Crippen molar-refractivity contribution in [2.24, 2.45) is 5.73 Å². The molecule has 0 saturated carbocycles. The van der Waals surface area contributed by atoms with E-state index in [2.05, 4.69) is 0 Å². The summed E-state index contributed by atoms with van der Waals surface area (Å²) < 4.78 is 32.8. The summed E-state index contributed by atoms with van der Waals surface area (Å²) >= 11 is 0. The van der Waals surface area contributed by atoms with E-state index < -0.39 is 11.6 Å². The highest BCUT2D eigenvalue weighted by molar-refractivity contribution is 5.37. The Morgan fingerprint density at radius 3 is 2.50 bits per heavy atom. The molecule has 0 bridgehead atoms. The van der Waals surface area contributed by atoms with Crippen LogP contribution in [0.25, 0.3) is 0 Å². The van der Waals surface area contributed by atoms with Crippen LogP contribution in [-0.4, -0.2) is 0 Å². The molecule has 0 atom stereocenters. The molecule has 3 nitrogen and oxygen atoms in total. The molecule has 0 spiro atoms. The van der Waals surface area contributed by atoms with Crippen LogP contribution < -0.4 is 10.5 Å². The van der Waals surface area contributed by atoms with Gasteiger partial charge in [-0.1, -0.05) is 24.3 Å². The second kappa shape index (κ2) is 6.13. The van der Waals surface area contributed by atoms with Gasteiger partial charge in [0.25, 0.3) is 0 Å². The van der Waals surface area contributed by atoms with Gasteiger partial charge in [0.1, 0.15) is 18.5 Å². The number of nitriles is 1. The van der Waals surface area contributed by atoms with Gasteiger partial charge in [-0.25, -0.2) is 8.78 Å². The topological polar surface area (TPSA) is 59.0 Å². The summed E-state index contributed by atoms with van der Waals surface area (Å²) in [6.07, 6.45) is 0. The summed E-state index contributed by atoms with van der Waals surface area (Å²) in [5.41, 5.74) is 6.12. The molecule has 2 aromatic carbocycles. The predicted octanol–water partition coefficient (Wildman–Crippen LogP) is 2.87. The van der Waals surface area contributed by atoms with E-state index in [9.17, 15) is 8.78 Å². The summed E-state index contributed by atoms with van der Waals surface area (Å²) in [5, 5.41) is 8.75. The molecular weight excluding hydrogens is 262 g/mol. The molecule has 0 fully saturated rings. The second-order valence-corrected chi connectivity index (χ2v) is 4.11. The Hall–Kier alpha value is -2.45. The largest absolute Gasteiger partial charge is 0.485 e. The van der Waals surface area contributed by atoms with Crippen LogP contribution in [0.5, 0.6) is 5.75 Å². The molecule has 20 heavy (non-hydrogen) atoms. The molecule has 0 amide bonds. The second-order valence-electron chi connectivity index (χ2n) is 4.11. The van der Waals surface area contributed by atoms with E-state index in [1.54, 1.807) is 18.2 Å².